The third kappa shape index (κ3) is 19.9. The van der Waals surface area contributed by atoms with Gasteiger partial charge in [0.15, 0.2) is 5.13 Å². The Morgan fingerprint density at radius 2 is 1.46 bits per heavy atom. The van der Waals surface area contributed by atoms with Crippen LogP contribution in [0.3, 0.4) is 0 Å². The molecule has 0 fully saturated rings. The molecule has 2 N–H and O–H groups in total. The first-order valence-electron chi connectivity index (χ1n) is 17.4. The number of thiazole rings is 2. The zero-order valence-corrected chi connectivity index (χ0v) is 34.9. The summed E-state index contributed by atoms with van der Waals surface area (Å²) < 4.78 is 26.8. The van der Waals surface area contributed by atoms with Gasteiger partial charge in [0, 0.05) is 17.2 Å². The van der Waals surface area contributed by atoms with Gasteiger partial charge in [0.1, 0.15) is 23.4 Å². The average molecular weight is 835 g/mol. The SMILES string of the molecule is C.CC(C)(C)OC(=O)Nc1nc(C(=CCCC(=O)OCc2ccccc2)C(=O)O)cs1.CCOC(=O)Cc1csc(=NC(=O)OC(C)(C)C)n1C(=O)OC(C)(C)C. The molecule has 2 amide bonds. The van der Waals surface area contributed by atoms with Crippen LogP contribution in [-0.4, -0.2) is 74.3 Å². The van der Waals surface area contributed by atoms with Gasteiger partial charge in [-0.1, -0.05) is 43.8 Å². The van der Waals surface area contributed by atoms with Gasteiger partial charge in [-0.2, -0.15) is 0 Å². The second-order valence-corrected chi connectivity index (χ2v) is 16.4. The molecular formula is C39H54N4O12S2. The van der Waals surface area contributed by atoms with Gasteiger partial charge in [-0.3, -0.25) is 14.9 Å². The van der Waals surface area contributed by atoms with Crippen LogP contribution in [0.4, 0.5) is 19.5 Å². The minimum absolute atomic E-state index is 0. The molecule has 0 saturated carbocycles. The van der Waals surface area contributed by atoms with E-state index in [0.717, 1.165) is 32.8 Å². The third-order valence-electron chi connectivity index (χ3n) is 6.12. The summed E-state index contributed by atoms with van der Waals surface area (Å²) in [7, 11) is 0. The lowest BCUT2D eigenvalue weighted by molar-refractivity contribution is -0.145. The van der Waals surface area contributed by atoms with Crippen molar-refractivity contribution < 1.29 is 57.6 Å². The van der Waals surface area contributed by atoms with E-state index in [-0.39, 0.29) is 61.1 Å². The molecule has 0 radical (unpaired) electrons. The van der Waals surface area contributed by atoms with Crippen LogP contribution < -0.4 is 10.1 Å². The number of allylic oxidation sites excluding steroid dienone is 1. The van der Waals surface area contributed by atoms with Crippen molar-refractivity contribution in [1.82, 2.24) is 9.55 Å². The summed E-state index contributed by atoms with van der Waals surface area (Å²) >= 11 is 2.11. The maximum absolute atomic E-state index is 12.6. The standard InChI is InChI=1S/C21H24N2O6S.C17H26N2O6S.CH4/c1-21(2,3)29-20(27)23-19-22-16(13-30-19)15(18(25)26)10-7-11-17(24)28-12-14-8-5-4-6-9-14;1-8-23-12(20)9-11-10-26-13(18-14(21)24-16(2,3)4)19(11)15(22)25-17(5,6)7;/h4-6,8-10,13H,7,11-12H2,1-3H3,(H,25,26)(H,22,23,27);10H,8-9H2,1-7H3;1H4. The number of hydrogen-bond acceptors (Lipinski definition) is 14. The molecule has 0 aliphatic rings. The Hall–Kier alpha value is -5.36. The van der Waals surface area contributed by atoms with Crippen LogP contribution in [0.25, 0.3) is 5.57 Å². The zero-order chi connectivity index (χ0) is 42.3. The van der Waals surface area contributed by atoms with Crippen LogP contribution in [-0.2, 0) is 51.1 Å². The first-order chi connectivity index (χ1) is 26.0. The fourth-order valence-electron chi connectivity index (χ4n) is 4.06. The molecule has 1 aromatic carbocycles. The largest absolute Gasteiger partial charge is 0.478 e. The van der Waals surface area contributed by atoms with E-state index in [1.54, 1.807) is 74.6 Å². The van der Waals surface area contributed by atoms with E-state index in [9.17, 15) is 33.9 Å². The second-order valence-electron chi connectivity index (χ2n) is 14.7. The molecule has 16 nitrogen and oxygen atoms in total. The number of carboxylic acids is 1. The third-order valence-corrected chi connectivity index (χ3v) is 7.76. The van der Waals surface area contributed by atoms with Crippen molar-refractivity contribution >= 4 is 69.6 Å². The van der Waals surface area contributed by atoms with Crippen LogP contribution in [0.5, 0.6) is 0 Å². The number of carbonyl (C=O) groups is 6. The predicted octanol–water partition coefficient (Wildman–Crippen LogP) is 8.39. The van der Waals surface area contributed by atoms with Crippen LogP contribution in [0.2, 0.25) is 0 Å². The van der Waals surface area contributed by atoms with Gasteiger partial charge in [0.25, 0.3) is 0 Å². The van der Waals surface area contributed by atoms with Crippen LogP contribution in [0.15, 0.2) is 52.2 Å². The molecule has 3 rings (SSSR count). The Balaban J connectivity index is 0.000000566. The van der Waals surface area contributed by atoms with E-state index in [4.69, 9.17) is 23.7 Å². The molecule has 2 aromatic heterocycles. The molecule has 57 heavy (non-hydrogen) atoms. The van der Waals surface area contributed by atoms with Gasteiger partial charge >= 0.3 is 36.2 Å². The first kappa shape index (κ1) is 49.7. The van der Waals surface area contributed by atoms with Crippen molar-refractivity contribution in [3.63, 3.8) is 0 Å². The number of nitrogens with zero attached hydrogens (tertiary/aromatic N) is 3. The zero-order valence-electron chi connectivity index (χ0n) is 33.3. The molecule has 0 aliphatic carbocycles. The van der Waals surface area contributed by atoms with Crippen molar-refractivity contribution in [3.05, 3.63) is 68.9 Å². The highest BCUT2D eigenvalue weighted by molar-refractivity contribution is 7.14. The number of carbonyl (C=O) groups excluding carboxylic acids is 5. The number of amides is 2. The lowest BCUT2D eigenvalue weighted by Crippen LogP contribution is -2.34. The topological polar surface area (TPSA) is 211 Å². The number of nitrogens with one attached hydrogen (secondary N) is 1. The van der Waals surface area contributed by atoms with Crippen molar-refractivity contribution in [1.29, 1.82) is 0 Å². The molecule has 2 heterocycles. The number of carboxylic acid groups (broad SMARTS) is 1. The molecule has 18 heteroatoms. The Morgan fingerprint density at radius 3 is 2.02 bits per heavy atom. The summed E-state index contributed by atoms with van der Waals surface area (Å²) in [6.45, 7) is 17.6. The number of aliphatic carboxylic acids is 1. The van der Waals surface area contributed by atoms with Gasteiger partial charge in [0.05, 0.1) is 30.0 Å². The number of hydrogen-bond donors (Lipinski definition) is 2. The van der Waals surface area contributed by atoms with Crippen molar-refractivity contribution in [3.8, 4) is 0 Å². The smallest absolute Gasteiger partial charge is 0.436 e. The monoisotopic (exact) mass is 834 g/mol. The quantitative estimate of drug-likeness (QED) is 0.106. The minimum atomic E-state index is -1.18. The van der Waals surface area contributed by atoms with Gasteiger partial charge in [-0.05, 0) is 81.2 Å². The van der Waals surface area contributed by atoms with E-state index in [2.05, 4.69) is 15.3 Å². The molecule has 0 spiro atoms. The van der Waals surface area contributed by atoms with Crippen LogP contribution >= 0.6 is 22.7 Å². The van der Waals surface area contributed by atoms with Crippen LogP contribution in [0, 0.1) is 0 Å². The fraction of sp³-hybridized carbons (Fsp3) is 0.487. The summed E-state index contributed by atoms with van der Waals surface area (Å²) in [5, 5.41) is 15.2. The molecule has 0 atom stereocenters. The molecule has 0 unspecified atom stereocenters. The number of esters is 2. The van der Waals surface area contributed by atoms with Crippen molar-refractivity contribution in [2.45, 2.75) is 119 Å². The van der Waals surface area contributed by atoms with Crippen molar-refractivity contribution in [2.24, 2.45) is 4.99 Å². The van der Waals surface area contributed by atoms with E-state index in [0.29, 0.717) is 5.69 Å². The van der Waals surface area contributed by atoms with Crippen molar-refractivity contribution in [2.75, 3.05) is 11.9 Å². The summed E-state index contributed by atoms with van der Waals surface area (Å²) in [6, 6.07) is 9.27. The fourth-order valence-corrected chi connectivity index (χ4v) is 5.61. The molecule has 3 aromatic rings. The van der Waals surface area contributed by atoms with E-state index in [1.807, 2.05) is 30.3 Å². The minimum Gasteiger partial charge on any atom is -0.478 e. The summed E-state index contributed by atoms with van der Waals surface area (Å²) in [5.74, 6) is -2.10. The summed E-state index contributed by atoms with van der Waals surface area (Å²) in [6.07, 6.45) is -0.755. The lowest BCUT2D eigenvalue weighted by Gasteiger charge is -2.20. The number of aromatic nitrogens is 2. The second kappa shape index (κ2) is 22.4. The van der Waals surface area contributed by atoms with Gasteiger partial charge in [0.2, 0.25) is 4.80 Å². The predicted molar refractivity (Wildman–Crippen MR) is 216 cm³/mol. The Labute approximate surface area is 340 Å². The molecule has 0 saturated heterocycles. The first-order valence-corrected chi connectivity index (χ1v) is 19.2. The number of ether oxygens (including phenoxy) is 5. The molecule has 314 valence electrons. The van der Waals surface area contributed by atoms with E-state index in [1.165, 1.54) is 11.5 Å². The highest BCUT2D eigenvalue weighted by Gasteiger charge is 2.24. The number of rotatable bonds is 11. The van der Waals surface area contributed by atoms with E-state index >= 15 is 0 Å². The highest BCUT2D eigenvalue weighted by atomic mass is 32.1. The molecular weight excluding hydrogens is 781 g/mol. The Morgan fingerprint density at radius 1 is 0.842 bits per heavy atom. The molecule has 0 aliphatic heterocycles. The lowest BCUT2D eigenvalue weighted by atomic mass is 10.1. The number of anilines is 1. The highest BCUT2D eigenvalue weighted by Crippen LogP contribution is 2.23. The van der Waals surface area contributed by atoms with Gasteiger partial charge in [-0.15, -0.1) is 27.7 Å². The normalized spacial score (nSPS) is 11.9. The van der Waals surface area contributed by atoms with E-state index < -0.39 is 53.0 Å². The molecule has 0 bridgehead atoms. The maximum Gasteiger partial charge on any atom is 0.436 e. The number of benzene rings is 1. The summed E-state index contributed by atoms with van der Waals surface area (Å²) in [4.78, 5) is 79.6. The Kier molecular flexibility index (Phi) is 19.5. The Bertz CT molecular complexity index is 1930. The van der Waals surface area contributed by atoms with Gasteiger partial charge in [-0.25, -0.2) is 28.7 Å². The van der Waals surface area contributed by atoms with Gasteiger partial charge < -0.3 is 28.8 Å². The van der Waals surface area contributed by atoms with Crippen LogP contribution in [0.1, 0.15) is 106 Å². The average Bonchev–Trinajstić information content (AvgIpc) is 3.66. The maximum atomic E-state index is 12.6. The summed E-state index contributed by atoms with van der Waals surface area (Å²) in [5.41, 5.74) is -0.801.